The molecule has 4 heteroatoms. The number of halogens is 1. The van der Waals surface area contributed by atoms with E-state index in [9.17, 15) is 0 Å². The van der Waals surface area contributed by atoms with Crippen LogP contribution in [0.15, 0.2) is 5.38 Å². The minimum Gasteiger partial charge on any atom is -0.359 e. The quantitative estimate of drug-likeness (QED) is 0.829. The summed E-state index contributed by atoms with van der Waals surface area (Å²) >= 11 is 7.31. The number of hydrogen-bond donors (Lipinski definition) is 1. The summed E-state index contributed by atoms with van der Waals surface area (Å²) in [5.74, 6) is 0.706. The Morgan fingerprint density at radius 2 is 2.14 bits per heavy atom. The summed E-state index contributed by atoms with van der Waals surface area (Å²) in [5, 5.41) is 6.74. The van der Waals surface area contributed by atoms with Crippen molar-refractivity contribution >= 4 is 28.1 Å². The van der Waals surface area contributed by atoms with Gasteiger partial charge in [-0.15, -0.1) is 11.3 Å². The molecule has 0 spiro atoms. The van der Waals surface area contributed by atoms with Crippen molar-refractivity contribution in [2.45, 2.75) is 39.7 Å². The predicted molar refractivity (Wildman–Crippen MR) is 64.3 cm³/mol. The maximum absolute atomic E-state index is 5.75. The van der Waals surface area contributed by atoms with Crippen LogP contribution in [0, 0.1) is 5.92 Å². The lowest BCUT2D eigenvalue weighted by Crippen LogP contribution is -2.24. The Kier molecular flexibility index (Phi) is 4.69. The van der Waals surface area contributed by atoms with Gasteiger partial charge in [0, 0.05) is 11.4 Å². The summed E-state index contributed by atoms with van der Waals surface area (Å²) in [7, 11) is 0. The van der Waals surface area contributed by atoms with Gasteiger partial charge < -0.3 is 5.32 Å². The summed E-state index contributed by atoms with van der Waals surface area (Å²) < 4.78 is 0. The van der Waals surface area contributed by atoms with Crippen LogP contribution in [0.2, 0.25) is 5.15 Å². The first-order chi connectivity index (χ1) is 6.67. The second kappa shape index (κ2) is 5.56. The fourth-order valence-corrected chi connectivity index (χ4v) is 2.56. The Bertz CT molecular complexity index is 271. The van der Waals surface area contributed by atoms with E-state index in [1.165, 1.54) is 12.8 Å². The zero-order valence-corrected chi connectivity index (χ0v) is 10.5. The summed E-state index contributed by atoms with van der Waals surface area (Å²) in [4.78, 5) is 4.17. The maximum atomic E-state index is 5.75. The fourth-order valence-electron chi connectivity index (χ4n) is 1.63. The van der Waals surface area contributed by atoms with Crippen molar-refractivity contribution in [1.82, 2.24) is 4.98 Å². The fraction of sp³-hybridized carbons (Fsp3) is 0.700. The molecule has 1 rings (SSSR count). The van der Waals surface area contributed by atoms with Gasteiger partial charge in [-0.05, 0) is 12.8 Å². The van der Waals surface area contributed by atoms with Gasteiger partial charge in [0.05, 0.1) is 0 Å². The largest absolute Gasteiger partial charge is 0.359 e. The van der Waals surface area contributed by atoms with Gasteiger partial charge in [-0.1, -0.05) is 38.3 Å². The normalized spacial score (nSPS) is 13.2. The van der Waals surface area contributed by atoms with Crippen LogP contribution in [0.1, 0.15) is 33.6 Å². The number of nitrogens with one attached hydrogen (secondary N) is 1. The molecular weight excluding hydrogens is 216 g/mol. The number of anilines is 1. The van der Waals surface area contributed by atoms with Crippen LogP contribution in [0.3, 0.4) is 0 Å². The average molecular weight is 233 g/mol. The molecule has 0 bridgehead atoms. The van der Waals surface area contributed by atoms with Gasteiger partial charge >= 0.3 is 0 Å². The minimum absolute atomic E-state index is 0.465. The van der Waals surface area contributed by atoms with Crippen LogP contribution in [0.4, 0.5) is 5.13 Å². The Morgan fingerprint density at radius 3 is 2.57 bits per heavy atom. The van der Waals surface area contributed by atoms with E-state index in [1.807, 2.05) is 5.38 Å². The standard InChI is InChI=1S/C10H17ClN2S/c1-4-8(5-2)7(3)12-10-13-9(11)6-14-10/h6-8H,4-5H2,1-3H3,(H,12,13). The molecule has 80 valence electrons. The van der Waals surface area contributed by atoms with Gasteiger partial charge in [0.2, 0.25) is 0 Å². The van der Waals surface area contributed by atoms with Gasteiger partial charge in [0.15, 0.2) is 5.13 Å². The van der Waals surface area contributed by atoms with Gasteiger partial charge in [-0.3, -0.25) is 0 Å². The molecule has 1 unspecified atom stereocenters. The number of thiazole rings is 1. The molecule has 0 saturated carbocycles. The molecule has 1 atom stereocenters. The second-order valence-electron chi connectivity index (χ2n) is 3.48. The Balaban J connectivity index is 2.51. The summed E-state index contributed by atoms with van der Waals surface area (Å²) in [6.07, 6.45) is 2.40. The molecule has 0 radical (unpaired) electrons. The molecule has 1 heterocycles. The van der Waals surface area contributed by atoms with Crippen molar-refractivity contribution in [3.8, 4) is 0 Å². The summed E-state index contributed by atoms with van der Waals surface area (Å²) in [6, 6.07) is 0.465. The van der Waals surface area contributed by atoms with E-state index in [1.54, 1.807) is 11.3 Å². The van der Waals surface area contributed by atoms with Gasteiger partial charge in [-0.25, -0.2) is 4.98 Å². The molecule has 0 amide bonds. The summed E-state index contributed by atoms with van der Waals surface area (Å²) in [6.45, 7) is 6.65. The SMILES string of the molecule is CCC(CC)C(C)Nc1nc(Cl)cs1. The average Bonchev–Trinajstić information content (AvgIpc) is 2.53. The molecule has 0 aromatic carbocycles. The lowest BCUT2D eigenvalue weighted by molar-refractivity contribution is 0.438. The van der Waals surface area contributed by atoms with Crippen molar-refractivity contribution < 1.29 is 0 Å². The lowest BCUT2D eigenvalue weighted by atomic mass is 9.96. The number of aromatic nitrogens is 1. The van der Waals surface area contributed by atoms with Crippen molar-refractivity contribution in [2.75, 3.05) is 5.32 Å². The van der Waals surface area contributed by atoms with E-state index in [2.05, 4.69) is 31.1 Å². The van der Waals surface area contributed by atoms with Gasteiger partial charge in [0.25, 0.3) is 0 Å². The van der Waals surface area contributed by atoms with Crippen LogP contribution in [-0.4, -0.2) is 11.0 Å². The molecule has 0 aliphatic rings. The van der Waals surface area contributed by atoms with Crippen molar-refractivity contribution in [3.63, 3.8) is 0 Å². The zero-order valence-electron chi connectivity index (χ0n) is 8.88. The molecular formula is C10H17ClN2S. The third-order valence-electron chi connectivity index (χ3n) is 2.58. The van der Waals surface area contributed by atoms with Crippen LogP contribution in [0.25, 0.3) is 0 Å². The van der Waals surface area contributed by atoms with E-state index in [-0.39, 0.29) is 0 Å². The number of hydrogen-bond acceptors (Lipinski definition) is 3. The molecule has 0 aliphatic carbocycles. The third-order valence-corrected chi connectivity index (χ3v) is 3.68. The molecule has 0 fully saturated rings. The lowest BCUT2D eigenvalue weighted by Gasteiger charge is -2.21. The monoisotopic (exact) mass is 232 g/mol. The number of nitrogens with zero attached hydrogens (tertiary/aromatic N) is 1. The first-order valence-electron chi connectivity index (χ1n) is 5.04. The molecule has 2 nitrogen and oxygen atoms in total. The molecule has 0 saturated heterocycles. The van der Waals surface area contributed by atoms with Crippen LogP contribution < -0.4 is 5.32 Å². The van der Waals surface area contributed by atoms with E-state index < -0.39 is 0 Å². The van der Waals surface area contributed by atoms with Crippen molar-refractivity contribution in [1.29, 1.82) is 0 Å². The van der Waals surface area contributed by atoms with E-state index in [0.29, 0.717) is 17.1 Å². The molecule has 14 heavy (non-hydrogen) atoms. The van der Waals surface area contributed by atoms with E-state index >= 15 is 0 Å². The van der Waals surface area contributed by atoms with Crippen molar-refractivity contribution in [2.24, 2.45) is 5.92 Å². The minimum atomic E-state index is 0.465. The second-order valence-corrected chi connectivity index (χ2v) is 4.73. The van der Waals surface area contributed by atoms with Crippen LogP contribution >= 0.6 is 22.9 Å². The van der Waals surface area contributed by atoms with E-state index in [0.717, 1.165) is 5.13 Å². The highest BCUT2D eigenvalue weighted by atomic mass is 35.5. The topological polar surface area (TPSA) is 24.9 Å². The highest BCUT2D eigenvalue weighted by molar-refractivity contribution is 7.14. The molecule has 1 aromatic rings. The Morgan fingerprint density at radius 1 is 1.50 bits per heavy atom. The Labute approximate surface area is 94.7 Å². The summed E-state index contributed by atoms with van der Waals surface area (Å²) in [5.41, 5.74) is 0. The third kappa shape index (κ3) is 3.14. The zero-order chi connectivity index (χ0) is 10.6. The molecule has 0 aliphatic heterocycles. The number of rotatable bonds is 5. The van der Waals surface area contributed by atoms with Crippen molar-refractivity contribution in [3.05, 3.63) is 10.5 Å². The first-order valence-corrected chi connectivity index (χ1v) is 6.30. The van der Waals surface area contributed by atoms with Gasteiger partial charge in [-0.2, -0.15) is 0 Å². The smallest absolute Gasteiger partial charge is 0.184 e. The highest BCUT2D eigenvalue weighted by Gasteiger charge is 2.14. The molecule has 1 N–H and O–H groups in total. The first kappa shape index (κ1) is 11.8. The van der Waals surface area contributed by atoms with Crippen LogP contribution in [0.5, 0.6) is 0 Å². The maximum Gasteiger partial charge on any atom is 0.184 e. The Hall–Kier alpha value is -0.280. The predicted octanol–water partition coefficient (Wildman–Crippen LogP) is 4.03. The van der Waals surface area contributed by atoms with E-state index in [4.69, 9.17) is 11.6 Å². The van der Waals surface area contributed by atoms with Crippen LogP contribution in [-0.2, 0) is 0 Å². The molecule has 1 aromatic heterocycles. The van der Waals surface area contributed by atoms with Gasteiger partial charge in [0.1, 0.15) is 5.15 Å². The highest BCUT2D eigenvalue weighted by Crippen LogP contribution is 2.22.